The van der Waals surface area contributed by atoms with Gasteiger partial charge in [0.25, 0.3) is 0 Å². The summed E-state index contributed by atoms with van der Waals surface area (Å²) in [4.78, 5) is 33.5. The minimum atomic E-state index is -4.63. The van der Waals surface area contributed by atoms with Gasteiger partial charge >= 0.3 is 19.8 Å². The molecule has 0 aromatic heterocycles. The van der Waals surface area contributed by atoms with Crippen LogP contribution in [0.2, 0.25) is 0 Å². The zero-order valence-electron chi connectivity index (χ0n) is 35.4. The lowest BCUT2D eigenvalue weighted by Crippen LogP contribution is -2.34. The van der Waals surface area contributed by atoms with E-state index in [9.17, 15) is 19.0 Å². The number of hydrogen-bond acceptors (Lipinski definition) is 8. The minimum absolute atomic E-state index is 0.00369. The Hall–Kier alpha value is -2.85. The molecule has 3 unspecified atom stereocenters. The molecule has 0 saturated carbocycles. The molecule has 0 amide bonds. The maximum atomic E-state index is 12.6. The van der Waals surface area contributed by atoms with E-state index in [0.717, 1.165) is 96.3 Å². The third kappa shape index (κ3) is 41.1. The van der Waals surface area contributed by atoms with Crippen LogP contribution < -0.4 is 5.73 Å². The van der Waals surface area contributed by atoms with Crippen LogP contribution in [0.25, 0.3) is 0 Å². The molecular formula is C46H78NO9P. The van der Waals surface area contributed by atoms with Crippen molar-refractivity contribution in [1.29, 1.82) is 0 Å². The summed E-state index contributed by atoms with van der Waals surface area (Å²) in [5, 5.41) is 8.90. The number of phosphoric ester groups is 1. The third-order valence-corrected chi connectivity index (χ3v) is 9.62. The Morgan fingerprint density at radius 1 is 0.561 bits per heavy atom. The van der Waals surface area contributed by atoms with E-state index in [-0.39, 0.29) is 13.0 Å². The zero-order valence-corrected chi connectivity index (χ0v) is 36.3. The number of esters is 1. The van der Waals surface area contributed by atoms with Crippen LogP contribution in [0.5, 0.6) is 0 Å². The summed E-state index contributed by atoms with van der Waals surface area (Å²) in [6.45, 7) is 3.59. The number of hydrogen-bond donors (Lipinski definition) is 3. The lowest BCUT2D eigenvalue weighted by Gasteiger charge is -2.20. The molecule has 0 aliphatic carbocycles. The van der Waals surface area contributed by atoms with Gasteiger partial charge in [0.2, 0.25) is 0 Å². The van der Waals surface area contributed by atoms with Crippen LogP contribution in [0.1, 0.15) is 155 Å². The second kappa shape index (κ2) is 41.3. The largest absolute Gasteiger partial charge is 0.480 e. The van der Waals surface area contributed by atoms with E-state index in [2.05, 4.69) is 98.9 Å². The first-order chi connectivity index (χ1) is 27.7. The van der Waals surface area contributed by atoms with Crippen LogP contribution in [-0.4, -0.2) is 60.5 Å². The van der Waals surface area contributed by atoms with Crippen molar-refractivity contribution in [3.63, 3.8) is 0 Å². The van der Waals surface area contributed by atoms with Crippen LogP contribution in [-0.2, 0) is 32.7 Å². The fraction of sp³-hybridized carbons (Fsp3) is 0.652. The molecule has 0 aliphatic heterocycles. The number of nitrogens with two attached hydrogens (primary N) is 1. The van der Waals surface area contributed by atoms with Crippen LogP contribution in [0.15, 0.2) is 85.1 Å². The third-order valence-electron chi connectivity index (χ3n) is 8.67. The molecule has 4 N–H and O–H groups in total. The van der Waals surface area contributed by atoms with Gasteiger partial charge in [0.1, 0.15) is 12.1 Å². The number of phosphoric acid groups is 1. The number of carboxylic acids is 1. The highest BCUT2D eigenvalue weighted by Gasteiger charge is 2.27. The minimum Gasteiger partial charge on any atom is -0.480 e. The highest BCUT2D eigenvalue weighted by atomic mass is 31.2. The Kier molecular flexibility index (Phi) is 39.2. The fourth-order valence-electron chi connectivity index (χ4n) is 5.37. The van der Waals surface area contributed by atoms with Crippen molar-refractivity contribution < 1.29 is 42.7 Å². The molecule has 0 bridgehead atoms. The van der Waals surface area contributed by atoms with Gasteiger partial charge in [0.15, 0.2) is 0 Å². The van der Waals surface area contributed by atoms with Crippen molar-refractivity contribution in [2.45, 2.75) is 167 Å². The molecule has 326 valence electrons. The number of allylic oxidation sites excluding steroid dienone is 14. The fourth-order valence-corrected chi connectivity index (χ4v) is 6.15. The molecule has 0 heterocycles. The molecule has 0 aromatic rings. The maximum absolute atomic E-state index is 12.6. The summed E-state index contributed by atoms with van der Waals surface area (Å²) in [6.07, 6.45) is 52.0. The SMILES string of the molecule is CC/C=C\C/C=C\C/C=C\C/C=C\CCCCCCC(=O)OC(COCCCCCCCCCC/C=C\C/C=C\C/C=C\CC)COP(=O)(O)OCC(N)C(=O)O. The average Bonchev–Trinajstić information content (AvgIpc) is 3.19. The van der Waals surface area contributed by atoms with E-state index in [1.807, 2.05) is 0 Å². The Balaban J connectivity index is 4.31. The number of carbonyl (C=O) groups excluding carboxylic acids is 1. The van der Waals surface area contributed by atoms with Crippen molar-refractivity contribution in [2.75, 3.05) is 26.4 Å². The second-order valence-electron chi connectivity index (χ2n) is 14.1. The van der Waals surface area contributed by atoms with Gasteiger partial charge in [0, 0.05) is 13.0 Å². The number of ether oxygens (including phenoxy) is 2. The van der Waals surface area contributed by atoms with Gasteiger partial charge in [-0.25, -0.2) is 4.57 Å². The predicted molar refractivity (Wildman–Crippen MR) is 235 cm³/mol. The Morgan fingerprint density at radius 2 is 0.965 bits per heavy atom. The first-order valence-electron chi connectivity index (χ1n) is 21.6. The Bertz CT molecular complexity index is 1220. The molecule has 57 heavy (non-hydrogen) atoms. The van der Waals surface area contributed by atoms with Crippen LogP contribution >= 0.6 is 7.82 Å². The summed E-state index contributed by atoms with van der Waals surface area (Å²) < 4.78 is 33.3. The van der Waals surface area contributed by atoms with Gasteiger partial charge in [0.05, 0.1) is 19.8 Å². The highest BCUT2D eigenvalue weighted by molar-refractivity contribution is 7.47. The summed E-state index contributed by atoms with van der Waals surface area (Å²) in [5.41, 5.74) is 5.35. The van der Waals surface area contributed by atoms with E-state index in [1.54, 1.807) is 0 Å². The molecular weight excluding hydrogens is 741 g/mol. The Morgan fingerprint density at radius 3 is 1.44 bits per heavy atom. The van der Waals surface area contributed by atoms with Gasteiger partial charge in [-0.05, 0) is 83.5 Å². The van der Waals surface area contributed by atoms with Gasteiger partial charge in [-0.3, -0.25) is 18.6 Å². The first-order valence-corrected chi connectivity index (χ1v) is 23.1. The van der Waals surface area contributed by atoms with Crippen molar-refractivity contribution >= 4 is 19.8 Å². The lowest BCUT2D eigenvalue weighted by atomic mass is 10.1. The van der Waals surface area contributed by atoms with E-state index in [4.69, 9.17) is 29.4 Å². The number of unbranched alkanes of at least 4 members (excludes halogenated alkanes) is 12. The normalized spacial score (nSPS) is 14.7. The molecule has 0 spiro atoms. The topological polar surface area (TPSA) is 155 Å². The molecule has 10 nitrogen and oxygen atoms in total. The van der Waals surface area contributed by atoms with Crippen LogP contribution in [0, 0.1) is 0 Å². The molecule has 11 heteroatoms. The Labute approximate surface area is 346 Å². The summed E-state index contributed by atoms with van der Waals surface area (Å²) in [6, 6.07) is -1.48. The van der Waals surface area contributed by atoms with E-state index >= 15 is 0 Å². The summed E-state index contributed by atoms with van der Waals surface area (Å²) in [5.74, 6) is -1.81. The number of carboxylic acid groups (broad SMARTS) is 1. The van der Waals surface area contributed by atoms with Crippen molar-refractivity contribution in [3.05, 3.63) is 85.1 Å². The molecule has 0 aromatic carbocycles. The van der Waals surface area contributed by atoms with Crippen molar-refractivity contribution in [2.24, 2.45) is 5.73 Å². The lowest BCUT2D eigenvalue weighted by molar-refractivity contribution is -0.154. The van der Waals surface area contributed by atoms with E-state index < -0.39 is 45.1 Å². The molecule has 0 aliphatic rings. The summed E-state index contributed by atoms with van der Waals surface area (Å²) in [7, 11) is -4.63. The number of aliphatic carboxylic acids is 1. The number of rotatable bonds is 40. The quantitative estimate of drug-likeness (QED) is 0.0235. The van der Waals surface area contributed by atoms with Gasteiger partial charge in [-0.1, -0.05) is 150 Å². The van der Waals surface area contributed by atoms with Gasteiger partial charge in [-0.2, -0.15) is 0 Å². The van der Waals surface area contributed by atoms with E-state index in [1.165, 1.54) is 32.1 Å². The predicted octanol–water partition coefficient (Wildman–Crippen LogP) is 12.0. The molecule has 0 saturated heterocycles. The molecule has 3 atom stereocenters. The molecule has 0 radical (unpaired) electrons. The van der Waals surface area contributed by atoms with E-state index in [0.29, 0.717) is 13.0 Å². The second-order valence-corrected chi connectivity index (χ2v) is 15.5. The van der Waals surface area contributed by atoms with Gasteiger partial charge in [-0.15, -0.1) is 0 Å². The van der Waals surface area contributed by atoms with Crippen LogP contribution in [0.3, 0.4) is 0 Å². The number of carbonyl (C=O) groups is 2. The van der Waals surface area contributed by atoms with Crippen molar-refractivity contribution in [1.82, 2.24) is 0 Å². The standard InChI is InChI=1S/C46H78NO9P/c1-3-5-7-9-11-13-15-17-19-21-23-25-27-29-31-33-35-37-39-53-40-43(41-54-57(51,52)55-42-44(47)46(49)50)56-45(48)38-36-34-32-30-28-26-24-22-20-18-16-14-12-10-8-6-4-2/h5-8,11-14,17-20,24,26,43-44H,3-4,9-10,15-16,21-23,25,27-42,47H2,1-2H3,(H,49,50)(H,51,52)/b7-5-,8-6-,13-11-,14-12-,19-17-,20-18-,26-24-. The monoisotopic (exact) mass is 820 g/mol. The zero-order chi connectivity index (χ0) is 41.9. The maximum Gasteiger partial charge on any atom is 0.472 e. The molecule has 0 rings (SSSR count). The van der Waals surface area contributed by atoms with Crippen molar-refractivity contribution in [3.8, 4) is 0 Å². The smallest absolute Gasteiger partial charge is 0.472 e. The first kappa shape index (κ1) is 54.2. The highest BCUT2D eigenvalue weighted by Crippen LogP contribution is 2.43. The van der Waals surface area contributed by atoms with Crippen LogP contribution in [0.4, 0.5) is 0 Å². The summed E-state index contributed by atoms with van der Waals surface area (Å²) >= 11 is 0. The molecule has 0 fully saturated rings. The average molecular weight is 820 g/mol. The van der Waals surface area contributed by atoms with Gasteiger partial charge < -0.3 is 25.2 Å².